The third-order valence-corrected chi connectivity index (χ3v) is 6.28. The normalized spacial score (nSPS) is 16.0. The monoisotopic (exact) mass is 470 g/mol. The molecule has 1 fully saturated rings. The molecule has 0 radical (unpaired) electrons. The molecule has 1 saturated heterocycles. The van der Waals surface area contributed by atoms with Gasteiger partial charge < -0.3 is 9.47 Å². The van der Waals surface area contributed by atoms with Crippen molar-refractivity contribution in [3.05, 3.63) is 72.9 Å². The van der Waals surface area contributed by atoms with Crippen molar-refractivity contribution in [3.8, 4) is 34.0 Å². The molecule has 0 N–H and O–H groups in total. The number of fused-ring (bicyclic) bond motifs is 1. The minimum Gasteiger partial charge on any atom is -0.497 e. The molecule has 5 aromatic rings. The average molecular weight is 471 g/mol. The van der Waals surface area contributed by atoms with Crippen LogP contribution < -0.4 is 4.74 Å². The van der Waals surface area contributed by atoms with Crippen molar-refractivity contribution in [3.63, 3.8) is 0 Å². The van der Waals surface area contributed by atoms with Gasteiger partial charge in [-0.1, -0.05) is 11.3 Å². The van der Waals surface area contributed by atoms with E-state index in [4.69, 9.17) is 14.6 Å². The summed E-state index contributed by atoms with van der Waals surface area (Å²) >= 11 is 0. The number of rotatable bonds is 5. The molecule has 1 aliphatic heterocycles. The summed E-state index contributed by atoms with van der Waals surface area (Å²) in [6.07, 6.45) is 6.13. The Kier molecular flexibility index (Phi) is 5.46. The van der Waals surface area contributed by atoms with Crippen LogP contribution >= 0.6 is 0 Å². The van der Waals surface area contributed by atoms with Gasteiger partial charge >= 0.3 is 0 Å². The number of halogens is 1. The van der Waals surface area contributed by atoms with Gasteiger partial charge in [0.15, 0.2) is 6.23 Å². The molecule has 0 amide bonds. The first-order chi connectivity index (χ1) is 17.2. The van der Waals surface area contributed by atoms with Gasteiger partial charge in [-0.15, -0.1) is 5.10 Å². The third-order valence-electron chi connectivity index (χ3n) is 6.28. The van der Waals surface area contributed by atoms with Crippen molar-refractivity contribution in [2.45, 2.75) is 25.5 Å². The van der Waals surface area contributed by atoms with E-state index in [0.29, 0.717) is 23.6 Å². The van der Waals surface area contributed by atoms with Crippen LogP contribution in [0.2, 0.25) is 0 Å². The zero-order valence-corrected chi connectivity index (χ0v) is 19.1. The minimum absolute atomic E-state index is 0.155. The predicted molar refractivity (Wildman–Crippen MR) is 129 cm³/mol. The standard InChI is InChI=1S/C26H23FN6O2/c1-34-19-10-8-18(9-11-19)32-16-22(29-31-32)25-21-15-17(20-5-4-13-28-26(20)27)7-12-23(21)33(30-25)24-6-2-3-14-35-24/h4-5,7-13,15-16,24H,2-3,6,14H2,1H3. The second-order valence-corrected chi connectivity index (χ2v) is 8.43. The molecule has 8 nitrogen and oxygen atoms in total. The molecule has 2 aromatic carbocycles. The van der Waals surface area contributed by atoms with Gasteiger partial charge in [-0.25, -0.2) is 14.3 Å². The van der Waals surface area contributed by atoms with Crippen molar-refractivity contribution >= 4 is 10.9 Å². The number of methoxy groups -OCH3 is 1. The minimum atomic E-state index is -0.512. The fourth-order valence-electron chi connectivity index (χ4n) is 4.47. The van der Waals surface area contributed by atoms with Gasteiger partial charge in [-0.3, -0.25) is 0 Å². The molecule has 3 aromatic heterocycles. The number of benzene rings is 2. The van der Waals surface area contributed by atoms with Crippen molar-refractivity contribution in [1.29, 1.82) is 0 Å². The number of hydrogen-bond acceptors (Lipinski definition) is 6. The van der Waals surface area contributed by atoms with Gasteiger partial charge in [0, 0.05) is 23.8 Å². The molecule has 0 saturated carbocycles. The molecule has 0 spiro atoms. The highest BCUT2D eigenvalue weighted by molar-refractivity contribution is 5.95. The largest absolute Gasteiger partial charge is 0.497 e. The van der Waals surface area contributed by atoms with Crippen molar-refractivity contribution in [2.24, 2.45) is 0 Å². The lowest BCUT2D eigenvalue weighted by atomic mass is 10.0. The summed E-state index contributed by atoms with van der Waals surface area (Å²) in [4.78, 5) is 3.80. The SMILES string of the molecule is COc1ccc(-n2cc(-c3nn(C4CCCCO4)c4ccc(-c5cccnc5F)cc34)nn2)cc1. The van der Waals surface area contributed by atoms with Crippen molar-refractivity contribution in [2.75, 3.05) is 13.7 Å². The highest BCUT2D eigenvalue weighted by Crippen LogP contribution is 2.35. The fourth-order valence-corrected chi connectivity index (χ4v) is 4.47. The summed E-state index contributed by atoms with van der Waals surface area (Å²) in [6.45, 7) is 0.702. The maximum absolute atomic E-state index is 14.5. The maximum Gasteiger partial charge on any atom is 0.220 e. The van der Waals surface area contributed by atoms with Crippen molar-refractivity contribution < 1.29 is 13.9 Å². The summed E-state index contributed by atoms with van der Waals surface area (Å²) in [7, 11) is 1.63. The quantitative estimate of drug-likeness (QED) is 0.329. The summed E-state index contributed by atoms with van der Waals surface area (Å²) in [5, 5.41) is 14.5. The zero-order chi connectivity index (χ0) is 23.8. The summed E-state index contributed by atoms with van der Waals surface area (Å²) in [6, 6.07) is 16.8. The highest BCUT2D eigenvalue weighted by atomic mass is 19.1. The van der Waals surface area contributed by atoms with Crippen LogP contribution in [0.3, 0.4) is 0 Å². The molecular formula is C26H23FN6O2. The average Bonchev–Trinajstić information content (AvgIpc) is 3.54. The number of aromatic nitrogens is 6. The Balaban J connectivity index is 1.48. The summed E-state index contributed by atoms with van der Waals surface area (Å²) in [5.74, 6) is 0.253. The molecular weight excluding hydrogens is 447 g/mol. The molecule has 1 aliphatic rings. The molecule has 1 atom stereocenters. The van der Waals surface area contributed by atoms with Gasteiger partial charge in [0.05, 0.1) is 24.5 Å². The first kappa shape index (κ1) is 21.4. The number of hydrogen-bond donors (Lipinski definition) is 0. The lowest BCUT2D eigenvalue weighted by Crippen LogP contribution is -2.19. The molecule has 9 heteroatoms. The molecule has 6 rings (SSSR count). The second kappa shape index (κ2) is 8.92. The van der Waals surface area contributed by atoms with E-state index in [1.165, 1.54) is 6.20 Å². The first-order valence-corrected chi connectivity index (χ1v) is 11.5. The van der Waals surface area contributed by atoms with Gasteiger partial charge in [0.25, 0.3) is 0 Å². The lowest BCUT2D eigenvalue weighted by Gasteiger charge is -2.23. The first-order valence-electron chi connectivity index (χ1n) is 11.5. The number of ether oxygens (including phenoxy) is 2. The molecule has 1 unspecified atom stereocenters. The van der Waals surface area contributed by atoms with Crippen LogP contribution in [0.15, 0.2) is 67.0 Å². The predicted octanol–water partition coefficient (Wildman–Crippen LogP) is 5.19. The van der Waals surface area contributed by atoms with E-state index in [1.54, 1.807) is 23.9 Å². The maximum atomic E-state index is 14.5. The van der Waals surface area contributed by atoms with E-state index >= 15 is 0 Å². The van der Waals surface area contributed by atoms with Crippen LogP contribution in [0.4, 0.5) is 4.39 Å². The van der Waals surface area contributed by atoms with Crippen LogP contribution in [0.25, 0.3) is 39.1 Å². The molecule has 0 aliphatic carbocycles. The zero-order valence-electron chi connectivity index (χ0n) is 19.1. The molecule has 35 heavy (non-hydrogen) atoms. The number of nitrogens with zero attached hydrogens (tertiary/aromatic N) is 6. The van der Waals surface area contributed by atoms with Gasteiger partial charge in [0.2, 0.25) is 5.95 Å². The molecule has 4 heterocycles. The third kappa shape index (κ3) is 3.93. The Hall–Kier alpha value is -4.11. The van der Waals surface area contributed by atoms with Gasteiger partial charge in [-0.05, 0) is 73.4 Å². The Morgan fingerprint density at radius 2 is 1.97 bits per heavy atom. The van der Waals surface area contributed by atoms with E-state index in [2.05, 4.69) is 15.3 Å². The Labute approximate surface area is 200 Å². The van der Waals surface area contributed by atoms with Gasteiger partial charge in [0.1, 0.15) is 17.1 Å². The van der Waals surface area contributed by atoms with Crippen LogP contribution in [0.1, 0.15) is 25.5 Å². The van der Waals surface area contributed by atoms with E-state index < -0.39 is 5.95 Å². The van der Waals surface area contributed by atoms with E-state index in [1.807, 2.05) is 53.3 Å². The molecule has 0 bridgehead atoms. The topological polar surface area (TPSA) is 79.9 Å². The smallest absolute Gasteiger partial charge is 0.220 e. The Morgan fingerprint density at radius 1 is 1.09 bits per heavy atom. The van der Waals surface area contributed by atoms with Crippen LogP contribution in [0.5, 0.6) is 5.75 Å². The summed E-state index contributed by atoms with van der Waals surface area (Å²) in [5.41, 5.74) is 4.19. The second-order valence-electron chi connectivity index (χ2n) is 8.43. The Morgan fingerprint density at radius 3 is 2.74 bits per heavy atom. The van der Waals surface area contributed by atoms with Crippen LogP contribution in [0, 0.1) is 5.95 Å². The lowest BCUT2D eigenvalue weighted by molar-refractivity contribution is -0.0365. The van der Waals surface area contributed by atoms with Crippen LogP contribution in [-0.4, -0.2) is 43.5 Å². The van der Waals surface area contributed by atoms with E-state index in [-0.39, 0.29) is 6.23 Å². The highest BCUT2D eigenvalue weighted by Gasteiger charge is 2.23. The number of pyridine rings is 1. The van der Waals surface area contributed by atoms with Gasteiger partial charge in [-0.2, -0.15) is 9.49 Å². The summed E-state index contributed by atoms with van der Waals surface area (Å²) < 4.78 is 29.3. The molecule has 176 valence electrons. The van der Waals surface area contributed by atoms with Crippen molar-refractivity contribution in [1.82, 2.24) is 29.8 Å². The fraction of sp³-hybridized carbons (Fsp3) is 0.231. The van der Waals surface area contributed by atoms with E-state index in [9.17, 15) is 4.39 Å². The van der Waals surface area contributed by atoms with E-state index in [0.717, 1.165) is 47.2 Å². The Bertz CT molecular complexity index is 1490. The van der Waals surface area contributed by atoms with Crippen LogP contribution in [-0.2, 0) is 4.74 Å².